The van der Waals surface area contributed by atoms with E-state index < -0.39 is 30.1 Å². The summed E-state index contributed by atoms with van der Waals surface area (Å²) >= 11 is 0. The Balaban J connectivity index is 2.08. The average molecular weight is 188 g/mol. The van der Waals surface area contributed by atoms with Crippen LogP contribution in [0.25, 0.3) is 0 Å². The summed E-state index contributed by atoms with van der Waals surface area (Å²) in [6, 6.07) is 0. The summed E-state index contributed by atoms with van der Waals surface area (Å²) < 4.78 is 14.5. The lowest BCUT2D eigenvalue weighted by atomic mass is 10.1. The lowest BCUT2D eigenvalue weighted by molar-refractivity contribution is -0.151. The first-order valence-electron chi connectivity index (χ1n) is 3.82. The van der Waals surface area contributed by atoms with Crippen LogP contribution in [0.2, 0.25) is 0 Å². The van der Waals surface area contributed by atoms with E-state index in [1.54, 1.807) is 0 Å². The molecule has 0 aromatic carbocycles. The predicted octanol–water partition coefficient (Wildman–Crippen LogP) is -1.79. The molecule has 0 radical (unpaired) electrons. The van der Waals surface area contributed by atoms with Gasteiger partial charge in [0, 0.05) is 0 Å². The fourth-order valence-corrected chi connectivity index (χ4v) is 1.33. The summed E-state index contributed by atoms with van der Waals surface area (Å²) in [6.45, 7) is 0.321. The zero-order valence-electron chi connectivity index (χ0n) is 6.63. The highest BCUT2D eigenvalue weighted by Gasteiger charge is 2.48. The molecule has 0 amide bonds. The zero-order valence-corrected chi connectivity index (χ0v) is 6.63. The number of ketones is 1. The minimum atomic E-state index is -1.42. The van der Waals surface area contributed by atoms with Gasteiger partial charge in [0.1, 0.15) is 12.9 Å². The highest BCUT2D eigenvalue weighted by Crippen LogP contribution is 2.20. The van der Waals surface area contributed by atoms with Gasteiger partial charge in [0.2, 0.25) is 0 Å². The van der Waals surface area contributed by atoms with Crippen LogP contribution >= 0.6 is 0 Å². The molecule has 2 aliphatic rings. The molecule has 13 heavy (non-hydrogen) atoms. The topological polar surface area (TPSA) is 82.1 Å². The number of hydrogen-bond donors (Lipinski definition) is 1. The van der Waals surface area contributed by atoms with Crippen molar-refractivity contribution in [2.75, 3.05) is 13.4 Å². The minimum absolute atomic E-state index is 0.0969. The number of Topliss-reactive ketones (excluding diaryl/α,β-unsaturated/α-hetero) is 1. The predicted molar refractivity (Wildman–Crippen MR) is 36.6 cm³/mol. The maximum atomic E-state index is 10.9. The SMILES string of the molecule is O=C1OC(C2COCO2)C(O)C1=O. The molecule has 72 valence electrons. The molecule has 0 aliphatic carbocycles. The van der Waals surface area contributed by atoms with Gasteiger partial charge in [0.05, 0.1) is 6.61 Å². The number of carbonyl (C=O) groups is 2. The molecule has 2 fully saturated rings. The Hall–Kier alpha value is -0.980. The van der Waals surface area contributed by atoms with Gasteiger partial charge < -0.3 is 19.3 Å². The Morgan fingerprint density at radius 3 is 2.62 bits per heavy atom. The zero-order chi connectivity index (χ0) is 9.42. The maximum absolute atomic E-state index is 10.9. The van der Waals surface area contributed by atoms with Gasteiger partial charge in [-0.25, -0.2) is 4.79 Å². The summed E-state index contributed by atoms with van der Waals surface area (Å²) in [7, 11) is 0. The van der Waals surface area contributed by atoms with E-state index in [9.17, 15) is 14.7 Å². The third kappa shape index (κ3) is 1.32. The first-order valence-corrected chi connectivity index (χ1v) is 3.82. The van der Waals surface area contributed by atoms with Crippen molar-refractivity contribution in [3.05, 3.63) is 0 Å². The van der Waals surface area contributed by atoms with E-state index in [2.05, 4.69) is 4.74 Å². The second kappa shape index (κ2) is 3.06. The lowest BCUT2D eigenvalue weighted by Crippen LogP contribution is -2.38. The summed E-state index contributed by atoms with van der Waals surface area (Å²) in [4.78, 5) is 21.6. The van der Waals surface area contributed by atoms with Crippen molar-refractivity contribution >= 4 is 11.8 Å². The number of aliphatic hydroxyl groups is 1. The van der Waals surface area contributed by atoms with Crippen molar-refractivity contribution in [3.8, 4) is 0 Å². The van der Waals surface area contributed by atoms with E-state index in [1.165, 1.54) is 0 Å². The second-order valence-electron chi connectivity index (χ2n) is 2.87. The van der Waals surface area contributed by atoms with Crippen molar-refractivity contribution in [2.24, 2.45) is 0 Å². The van der Waals surface area contributed by atoms with E-state index in [4.69, 9.17) is 9.47 Å². The fourth-order valence-electron chi connectivity index (χ4n) is 1.33. The first-order chi connectivity index (χ1) is 6.20. The number of hydrogen-bond acceptors (Lipinski definition) is 6. The summed E-state index contributed by atoms with van der Waals surface area (Å²) in [6.07, 6.45) is -2.87. The van der Waals surface area contributed by atoms with E-state index in [-0.39, 0.29) is 13.4 Å². The van der Waals surface area contributed by atoms with Crippen LogP contribution in [-0.4, -0.2) is 48.6 Å². The normalized spacial score (nSPS) is 39.6. The molecule has 3 unspecified atom stereocenters. The van der Waals surface area contributed by atoms with Crippen molar-refractivity contribution in [3.63, 3.8) is 0 Å². The van der Waals surface area contributed by atoms with E-state index in [0.717, 1.165) is 0 Å². The third-order valence-electron chi connectivity index (χ3n) is 2.04. The number of carbonyl (C=O) groups excluding carboxylic acids is 2. The summed E-state index contributed by atoms with van der Waals surface area (Å²) in [5.74, 6) is -1.92. The minimum Gasteiger partial charge on any atom is -0.450 e. The number of cyclic esters (lactones) is 1. The molecular formula is C7H8O6. The van der Waals surface area contributed by atoms with Gasteiger partial charge in [-0.2, -0.15) is 0 Å². The Labute approximate surface area is 73.4 Å². The molecule has 2 aliphatic heterocycles. The van der Waals surface area contributed by atoms with Gasteiger partial charge in [-0.3, -0.25) is 4.79 Å². The van der Waals surface area contributed by atoms with Crippen LogP contribution in [0.3, 0.4) is 0 Å². The smallest absolute Gasteiger partial charge is 0.378 e. The molecule has 6 nitrogen and oxygen atoms in total. The number of rotatable bonds is 1. The van der Waals surface area contributed by atoms with Gasteiger partial charge in [-0.05, 0) is 0 Å². The molecule has 6 heteroatoms. The summed E-state index contributed by atoms with van der Waals surface area (Å²) in [5.41, 5.74) is 0. The molecule has 0 bridgehead atoms. The van der Waals surface area contributed by atoms with Crippen LogP contribution in [0.5, 0.6) is 0 Å². The Kier molecular flexibility index (Phi) is 2.03. The third-order valence-corrected chi connectivity index (χ3v) is 2.04. The Bertz CT molecular complexity index is 243. The molecule has 1 N–H and O–H groups in total. The molecule has 0 spiro atoms. The largest absolute Gasteiger partial charge is 0.450 e. The van der Waals surface area contributed by atoms with Crippen LogP contribution in [-0.2, 0) is 23.8 Å². The van der Waals surface area contributed by atoms with Crippen LogP contribution in [0, 0.1) is 0 Å². The average Bonchev–Trinajstić information content (AvgIpc) is 2.70. The highest BCUT2D eigenvalue weighted by molar-refractivity contribution is 6.37. The molecule has 0 aromatic rings. The molecule has 0 saturated carbocycles. The molecular weight excluding hydrogens is 180 g/mol. The van der Waals surface area contributed by atoms with Crippen molar-refractivity contribution in [1.82, 2.24) is 0 Å². The fraction of sp³-hybridized carbons (Fsp3) is 0.714. The molecule has 2 heterocycles. The highest BCUT2D eigenvalue weighted by atomic mass is 16.7. The molecule has 2 saturated heterocycles. The monoisotopic (exact) mass is 188 g/mol. The Morgan fingerprint density at radius 1 is 1.38 bits per heavy atom. The van der Waals surface area contributed by atoms with Crippen molar-refractivity contribution in [1.29, 1.82) is 0 Å². The van der Waals surface area contributed by atoms with Gasteiger partial charge in [0.25, 0.3) is 5.78 Å². The van der Waals surface area contributed by atoms with Crippen molar-refractivity contribution in [2.45, 2.75) is 18.3 Å². The van der Waals surface area contributed by atoms with Crippen LogP contribution in [0.1, 0.15) is 0 Å². The molecule has 2 rings (SSSR count). The van der Waals surface area contributed by atoms with Gasteiger partial charge >= 0.3 is 5.97 Å². The quantitative estimate of drug-likeness (QED) is 0.386. The standard InChI is InChI=1S/C7H8O6/c8-4-5(9)7(10)13-6(4)3-1-11-2-12-3/h3-4,6,8H,1-2H2. The lowest BCUT2D eigenvalue weighted by Gasteiger charge is -2.16. The molecule has 0 aromatic heterocycles. The van der Waals surface area contributed by atoms with Gasteiger partial charge in [-0.1, -0.05) is 0 Å². The van der Waals surface area contributed by atoms with Gasteiger partial charge in [-0.15, -0.1) is 0 Å². The Morgan fingerprint density at radius 2 is 2.15 bits per heavy atom. The van der Waals surface area contributed by atoms with Crippen LogP contribution < -0.4 is 0 Å². The maximum Gasteiger partial charge on any atom is 0.378 e. The van der Waals surface area contributed by atoms with Gasteiger partial charge in [0.15, 0.2) is 12.2 Å². The van der Waals surface area contributed by atoms with Crippen LogP contribution in [0.15, 0.2) is 0 Å². The van der Waals surface area contributed by atoms with E-state index in [0.29, 0.717) is 0 Å². The molecule has 3 atom stereocenters. The van der Waals surface area contributed by atoms with Crippen molar-refractivity contribution < 1.29 is 28.9 Å². The first kappa shape index (κ1) is 8.61. The van der Waals surface area contributed by atoms with E-state index in [1.807, 2.05) is 0 Å². The number of esters is 1. The number of ether oxygens (including phenoxy) is 3. The second-order valence-corrected chi connectivity index (χ2v) is 2.87. The van der Waals surface area contributed by atoms with Crippen LogP contribution in [0.4, 0.5) is 0 Å². The number of aliphatic hydroxyl groups excluding tert-OH is 1. The van der Waals surface area contributed by atoms with E-state index >= 15 is 0 Å². The summed E-state index contributed by atoms with van der Waals surface area (Å²) in [5, 5.41) is 9.26.